The van der Waals surface area contributed by atoms with Gasteiger partial charge in [-0.3, -0.25) is 4.79 Å². The summed E-state index contributed by atoms with van der Waals surface area (Å²) in [7, 11) is 0. The maximum absolute atomic E-state index is 12.3. The number of thiophene rings is 1. The molecule has 5 heteroatoms. The Morgan fingerprint density at radius 2 is 2.10 bits per heavy atom. The summed E-state index contributed by atoms with van der Waals surface area (Å²) in [6.07, 6.45) is 0.729. The van der Waals surface area contributed by atoms with Gasteiger partial charge < -0.3 is 4.98 Å². The molecule has 1 aromatic carbocycles. The van der Waals surface area contributed by atoms with Crippen molar-refractivity contribution >= 4 is 33.2 Å². The van der Waals surface area contributed by atoms with Gasteiger partial charge in [-0.1, -0.05) is 37.3 Å². The van der Waals surface area contributed by atoms with Crippen molar-refractivity contribution in [1.82, 2.24) is 9.97 Å². The van der Waals surface area contributed by atoms with Crippen LogP contribution in [0.5, 0.6) is 0 Å². The molecule has 0 aliphatic carbocycles. The van der Waals surface area contributed by atoms with Crippen molar-refractivity contribution in [3.63, 3.8) is 0 Å². The van der Waals surface area contributed by atoms with E-state index in [9.17, 15) is 4.79 Å². The van der Waals surface area contributed by atoms with Gasteiger partial charge >= 0.3 is 0 Å². The zero-order valence-corrected chi connectivity index (χ0v) is 12.5. The summed E-state index contributed by atoms with van der Waals surface area (Å²) in [4.78, 5) is 20.4. The van der Waals surface area contributed by atoms with Gasteiger partial charge in [-0.25, -0.2) is 4.98 Å². The van der Waals surface area contributed by atoms with Crippen molar-refractivity contribution in [1.29, 1.82) is 0 Å². The molecule has 1 N–H and O–H groups in total. The third-order valence-corrected chi connectivity index (χ3v) is 4.59. The minimum atomic E-state index is -0.255. The first-order valence-corrected chi connectivity index (χ1v) is 7.73. The van der Waals surface area contributed by atoms with Crippen LogP contribution >= 0.6 is 22.9 Å². The van der Waals surface area contributed by atoms with E-state index in [0.717, 1.165) is 22.4 Å². The van der Waals surface area contributed by atoms with Crippen LogP contribution in [-0.2, 0) is 0 Å². The summed E-state index contributed by atoms with van der Waals surface area (Å²) >= 11 is 7.63. The topological polar surface area (TPSA) is 45.8 Å². The lowest BCUT2D eigenvalue weighted by Crippen LogP contribution is -2.12. The van der Waals surface area contributed by atoms with Gasteiger partial charge in [0.2, 0.25) is 0 Å². The normalized spacial score (nSPS) is 12.7. The van der Waals surface area contributed by atoms with E-state index in [1.807, 2.05) is 42.6 Å². The summed E-state index contributed by atoms with van der Waals surface area (Å²) in [5.41, 5.74) is 1.83. The molecular formula is C15H13ClN2OS. The first kappa shape index (κ1) is 13.3. The quantitative estimate of drug-likeness (QED) is 0.732. The molecular weight excluding hydrogens is 292 g/mol. The molecule has 0 aliphatic heterocycles. The molecule has 20 heavy (non-hydrogen) atoms. The van der Waals surface area contributed by atoms with Gasteiger partial charge in [0, 0.05) is 10.9 Å². The number of aromatic amines is 1. The highest BCUT2D eigenvalue weighted by Crippen LogP contribution is 2.31. The Hall–Kier alpha value is -1.65. The molecule has 0 spiro atoms. The van der Waals surface area contributed by atoms with Crippen LogP contribution in [0.1, 0.15) is 24.5 Å². The van der Waals surface area contributed by atoms with Crippen molar-refractivity contribution in [3.8, 4) is 11.1 Å². The molecule has 3 nitrogen and oxygen atoms in total. The van der Waals surface area contributed by atoms with Crippen LogP contribution in [-0.4, -0.2) is 9.97 Å². The predicted octanol–water partition coefficient (Wildman–Crippen LogP) is 4.34. The molecule has 0 saturated carbocycles. The Kier molecular flexibility index (Phi) is 3.59. The molecule has 1 atom stereocenters. The Morgan fingerprint density at radius 3 is 2.80 bits per heavy atom. The maximum atomic E-state index is 12.3. The number of aromatic nitrogens is 2. The molecule has 0 radical (unpaired) electrons. The highest BCUT2D eigenvalue weighted by Gasteiger charge is 2.15. The molecule has 1 unspecified atom stereocenters. The number of H-pyrrole nitrogens is 1. The van der Waals surface area contributed by atoms with Crippen molar-refractivity contribution < 1.29 is 0 Å². The van der Waals surface area contributed by atoms with Gasteiger partial charge in [-0.05, 0) is 12.0 Å². The van der Waals surface area contributed by atoms with E-state index < -0.39 is 0 Å². The predicted molar refractivity (Wildman–Crippen MR) is 84.6 cm³/mol. The first-order chi connectivity index (χ1) is 9.70. The molecule has 2 heterocycles. The number of hydrogen-bond donors (Lipinski definition) is 1. The van der Waals surface area contributed by atoms with E-state index in [0.29, 0.717) is 11.2 Å². The van der Waals surface area contributed by atoms with Gasteiger partial charge in [0.25, 0.3) is 5.56 Å². The van der Waals surface area contributed by atoms with Gasteiger partial charge in [-0.2, -0.15) is 0 Å². The number of hydrogen-bond acceptors (Lipinski definition) is 3. The molecule has 2 aromatic heterocycles. The summed E-state index contributed by atoms with van der Waals surface area (Å²) in [5.74, 6) is 0.549. The monoisotopic (exact) mass is 304 g/mol. The number of fused-ring (bicyclic) bond motifs is 1. The number of rotatable bonds is 3. The third kappa shape index (κ3) is 2.25. The average Bonchev–Trinajstić information content (AvgIpc) is 2.91. The Balaban J connectivity index is 2.22. The smallest absolute Gasteiger partial charge is 0.260 e. The molecule has 0 amide bonds. The first-order valence-electron chi connectivity index (χ1n) is 6.41. The summed E-state index contributed by atoms with van der Waals surface area (Å²) in [6, 6.07) is 9.86. The van der Waals surface area contributed by atoms with Gasteiger partial charge in [-0.15, -0.1) is 22.9 Å². The highest BCUT2D eigenvalue weighted by molar-refractivity contribution is 7.17. The van der Waals surface area contributed by atoms with E-state index in [-0.39, 0.29) is 10.9 Å². The number of benzene rings is 1. The minimum Gasteiger partial charge on any atom is -0.309 e. The standard InChI is InChI=1S/C15H13ClN2OS/c1-2-11(16)13-17-14(19)12-10(8-20-15(12)18-13)9-6-4-3-5-7-9/h3-8,11H,2H2,1H3,(H,17,18,19). The lowest BCUT2D eigenvalue weighted by Gasteiger charge is -2.05. The number of nitrogens with zero attached hydrogens (tertiary/aromatic N) is 1. The van der Waals surface area contributed by atoms with Crippen LogP contribution in [0, 0.1) is 0 Å². The van der Waals surface area contributed by atoms with Crippen LogP contribution in [0.15, 0.2) is 40.5 Å². The van der Waals surface area contributed by atoms with E-state index in [1.165, 1.54) is 11.3 Å². The Morgan fingerprint density at radius 1 is 1.35 bits per heavy atom. The molecule has 102 valence electrons. The largest absolute Gasteiger partial charge is 0.309 e. The fourth-order valence-electron chi connectivity index (χ4n) is 2.14. The van der Waals surface area contributed by atoms with Crippen LogP contribution < -0.4 is 5.56 Å². The van der Waals surface area contributed by atoms with E-state index >= 15 is 0 Å². The van der Waals surface area contributed by atoms with E-state index in [4.69, 9.17) is 11.6 Å². The minimum absolute atomic E-state index is 0.121. The zero-order chi connectivity index (χ0) is 14.1. The summed E-state index contributed by atoms with van der Waals surface area (Å²) in [5, 5.41) is 2.36. The van der Waals surface area contributed by atoms with Gasteiger partial charge in [0.05, 0.1) is 10.8 Å². The third-order valence-electron chi connectivity index (χ3n) is 3.20. The molecule has 0 fully saturated rings. The van der Waals surface area contributed by atoms with E-state index in [2.05, 4.69) is 9.97 Å². The number of halogens is 1. The number of nitrogens with one attached hydrogen (secondary N) is 1. The zero-order valence-electron chi connectivity index (χ0n) is 10.9. The van der Waals surface area contributed by atoms with Crippen molar-refractivity contribution in [2.24, 2.45) is 0 Å². The summed E-state index contributed by atoms with van der Waals surface area (Å²) < 4.78 is 0. The highest BCUT2D eigenvalue weighted by atomic mass is 35.5. The van der Waals surface area contributed by atoms with Crippen LogP contribution in [0.2, 0.25) is 0 Å². The SMILES string of the molecule is CCC(Cl)c1nc2scc(-c3ccccc3)c2c(=O)[nH]1. The lowest BCUT2D eigenvalue weighted by molar-refractivity contribution is 0.807. The van der Waals surface area contributed by atoms with Crippen LogP contribution in [0.3, 0.4) is 0 Å². The van der Waals surface area contributed by atoms with Gasteiger partial charge in [0.1, 0.15) is 10.7 Å². The second kappa shape index (κ2) is 5.38. The Bertz CT molecular complexity index is 794. The fraction of sp³-hybridized carbons (Fsp3) is 0.200. The molecule has 3 aromatic rings. The molecule has 0 aliphatic rings. The average molecular weight is 305 g/mol. The summed E-state index contributed by atoms with van der Waals surface area (Å²) in [6.45, 7) is 1.96. The van der Waals surface area contributed by atoms with E-state index in [1.54, 1.807) is 0 Å². The fourth-order valence-corrected chi connectivity index (χ4v) is 3.20. The number of alkyl halides is 1. The van der Waals surface area contributed by atoms with Crippen molar-refractivity contribution in [2.75, 3.05) is 0 Å². The lowest BCUT2D eigenvalue weighted by atomic mass is 10.1. The molecule has 3 rings (SSSR count). The van der Waals surface area contributed by atoms with Crippen molar-refractivity contribution in [3.05, 3.63) is 51.9 Å². The van der Waals surface area contributed by atoms with Crippen LogP contribution in [0.25, 0.3) is 21.3 Å². The molecule has 0 saturated heterocycles. The molecule has 0 bridgehead atoms. The van der Waals surface area contributed by atoms with Gasteiger partial charge in [0.15, 0.2) is 0 Å². The second-order valence-electron chi connectivity index (χ2n) is 4.52. The second-order valence-corrected chi connectivity index (χ2v) is 5.91. The maximum Gasteiger partial charge on any atom is 0.260 e. The Labute approximate surface area is 125 Å². The van der Waals surface area contributed by atoms with Crippen molar-refractivity contribution in [2.45, 2.75) is 18.7 Å². The van der Waals surface area contributed by atoms with Crippen LogP contribution in [0.4, 0.5) is 0 Å².